The minimum absolute atomic E-state index is 0.158. The molecule has 1 N–H and O–H groups in total. The molecular formula is C13H22N2O. The second-order valence-electron chi connectivity index (χ2n) is 4.65. The van der Waals surface area contributed by atoms with E-state index in [0.717, 1.165) is 6.42 Å². The van der Waals surface area contributed by atoms with Crippen LogP contribution in [0.15, 0.2) is 18.3 Å². The molecule has 3 heteroatoms. The Balaban J connectivity index is 2.82. The van der Waals surface area contributed by atoms with Crippen molar-refractivity contribution in [3.05, 3.63) is 23.9 Å². The van der Waals surface area contributed by atoms with Crippen LogP contribution in [0.1, 0.15) is 45.7 Å². The zero-order valence-electron chi connectivity index (χ0n) is 10.9. The molecule has 1 atom stereocenters. The number of nitrogens with zero attached hydrogens (tertiary/aromatic N) is 1. The minimum atomic E-state index is -0.158. The van der Waals surface area contributed by atoms with Crippen LogP contribution in [0.5, 0.6) is 5.88 Å². The number of pyridine rings is 1. The first-order valence-electron chi connectivity index (χ1n) is 5.80. The Kier molecular flexibility index (Phi) is 4.30. The lowest BCUT2D eigenvalue weighted by Crippen LogP contribution is -2.27. The summed E-state index contributed by atoms with van der Waals surface area (Å²) in [4.78, 5) is 4.24. The number of hydrogen-bond donors (Lipinski definition) is 1. The molecule has 0 radical (unpaired) electrons. The van der Waals surface area contributed by atoms with E-state index in [4.69, 9.17) is 4.74 Å². The smallest absolute Gasteiger partial charge is 0.214 e. The monoisotopic (exact) mass is 222 g/mol. The Labute approximate surface area is 98.2 Å². The molecule has 0 aromatic carbocycles. The van der Waals surface area contributed by atoms with Crippen molar-refractivity contribution in [2.45, 2.75) is 45.8 Å². The summed E-state index contributed by atoms with van der Waals surface area (Å²) in [5.74, 6) is 0.700. The van der Waals surface area contributed by atoms with E-state index in [-0.39, 0.29) is 5.60 Å². The highest BCUT2D eigenvalue weighted by Crippen LogP contribution is 2.21. The van der Waals surface area contributed by atoms with Crippen LogP contribution in [0.2, 0.25) is 0 Å². The molecule has 0 aliphatic carbocycles. The van der Waals surface area contributed by atoms with E-state index in [2.05, 4.69) is 38.0 Å². The fourth-order valence-corrected chi connectivity index (χ4v) is 1.27. The van der Waals surface area contributed by atoms with Crippen molar-refractivity contribution >= 4 is 0 Å². The zero-order chi connectivity index (χ0) is 12.2. The van der Waals surface area contributed by atoms with Gasteiger partial charge in [-0.2, -0.15) is 0 Å². The second kappa shape index (κ2) is 5.30. The number of ether oxygens (including phenoxy) is 1. The maximum Gasteiger partial charge on any atom is 0.214 e. The van der Waals surface area contributed by atoms with Crippen LogP contribution in [0, 0.1) is 0 Å². The summed E-state index contributed by atoms with van der Waals surface area (Å²) < 4.78 is 5.85. The Bertz CT molecular complexity index is 336. The summed E-state index contributed by atoms with van der Waals surface area (Å²) in [5.41, 5.74) is 1.04. The maximum absolute atomic E-state index is 5.85. The normalized spacial score (nSPS) is 13.6. The van der Waals surface area contributed by atoms with Gasteiger partial charge >= 0.3 is 0 Å². The summed E-state index contributed by atoms with van der Waals surface area (Å²) in [6.45, 7) is 8.37. The summed E-state index contributed by atoms with van der Waals surface area (Å²) in [7, 11) is 1.95. The summed E-state index contributed by atoms with van der Waals surface area (Å²) >= 11 is 0. The van der Waals surface area contributed by atoms with Gasteiger partial charge in [-0.15, -0.1) is 0 Å². The van der Waals surface area contributed by atoms with Gasteiger partial charge in [-0.25, -0.2) is 4.98 Å². The van der Waals surface area contributed by atoms with Gasteiger partial charge < -0.3 is 10.1 Å². The van der Waals surface area contributed by atoms with Crippen LogP contribution < -0.4 is 10.1 Å². The van der Waals surface area contributed by atoms with Crippen LogP contribution in [0.4, 0.5) is 0 Å². The van der Waals surface area contributed by atoms with E-state index in [1.54, 1.807) is 6.20 Å². The number of rotatable bonds is 5. The maximum atomic E-state index is 5.85. The van der Waals surface area contributed by atoms with E-state index < -0.39 is 0 Å². The Morgan fingerprint density at radius 2 is 2.19 bits per heavy atom. The van der Waals surface area contributed by atoms with Gasteiger partial charge in [0.15, 0.2) is 0 Å². The lowest BCUT2D eigenvalue weighted by atomic mass is 10.1. The van der Waals surface area contributed by atoms with Gasteiger partial charge in [-0.05, 0) is 45.9 Å². The topological polar surface area (TPSA) is 34.1 Å². The van der Waals surface area contributed by atoms with Crippen LogP contribution in [-0.2, 0) is 0 Å². The lowest BCUT2D eigenvalue weighted by molar-refractivity contribution is 0.0988. The molecule has 0 amide bonds. The van der Waals surface area contributed by atoms with Gasteiger partial charge in [0.1, 0.15) is 5.60 Å². The molecule has 1 aromatic rings. The molecule has 0 aliphatic rings. The fourth-order valence-electron chi connectivity index (χ4n) is 1.27. The zero-order valence-corrected chi connectivity index (χ0v) is 10.9. The highest BCUT2D eigenvalue weighted by molar-refractivity contribution is 5.23. The molecule has 1 heterocycles. The molecule has 1 unspecified atom stereocenters. The molecule has 0 spiro atoms. The van der Waals surface area contributed by atoms with Crippen molar-refractivity contribution in [1.29, 1.82) is 0 Å². The van der Waals surface area contributed by atoms with Gasteiger partial charge in [-0.3, -0.25) is 0 Å². The molecule has 16 heavy (non-hydrogen) atoms. The van der Waals surface area contributed by atoms with Gasteiger partial charge in [0, 0.05) is 18.3 Å². The summed E-state index contributed by atoms with van der Waals surface area (Å²) in [5, 5.41) is 3.20. The molecule has 0 bridgehead atoms. The summed E-state index contributed by atoms with van der Waals surface area (Å²) in [6, 6.07) is 4.32. The molecule has 0 aliphatic heterocycles. The number of hydrogen-bond acceptors (Lipinski definition) is 3. The predicted molar refractivity (Wildman–Crippen MR) is 66.7 cm³/mol. The largest absolute Gasteiger partial charge is 0.472 e. The van der Waals surface area contributed by atoms with Crippen molar-refractivity contribution in [3.8, 4) is 5.88 Å². The van der Waals surface area contributed by atoms with Crippen LogP contribution in [-0.4, -0.2) is 17.6 Å². The first-order chi connectivity index (χ1) is 7.48. The van der Waals surface area contributed by atoms with E-state index in [9.17, 15) is 0 Å². The van der Waals surface area contributed by atoms with Crippen molar-refractivity contribution in [3.63, 3.8) is 0 Å². The Morgan fingerprint density at radius 1 is 1.50 bits per heavy atom. The third-order valence-electron chi connectivity index (χ3n) is 2.92. The van der Waals surface area contributed by atoms with Gasteiger partial charge in [-0.1, -0.05) is 6.92 Å². The standard InChI is InChI=1S/C13H22N2O/c1-6-13(3,4)16-12-9-11(7-8-15-12)10(2)14-5/h7-10,14H,6H2,1-5H3. The van der Waals surface area contributed by atoms with E-state index in [1.165, 1.54) is 5.56 Å². The lowest BCUT2D eigenvalue weighted by Gasteiger charge is -2.24. The molecule has 0 fully saturated rings. The fraction of sp³-hybridized carbons (Fsp3) is 0.615. The van der Waals surface area contributed by atoms with Crippen LogP contribution >= 0.6 is 0 Å². The highest BCUT2D eigenvalue weighted by Gasteiger charge is 2.17. The average Bonchev–Trinajstić information content (AvgIpc) is 2.28. The third kappa shape index (κ3) is 3.49. The predicted octanol–water partition coefficient (Wildman–Crippen LogP) is 2.93. The molecule has 3 nitrogen and oxygen atoms in total. The summed E-state index contributed by atoms with van der Waals surface area (Å²) in [6.07, 6.45) is 2.75. The van der Waals surface area contributed by atoms with Gasteiger partial charge in [0.05, 0.1) is 0 Å². The van der Waals surface area contributed by atoms with Gasteiger partial charge in [0.25, 0.3) is 0 Å². The van der Waals surface area contributed by atoms with Crippen LogP contribution in [0.25, 0.3) is 0 Å². The first-order valence-corrected chi connectivity index (χ1v) is 5.80. The van der Waals surface area contributed by atoms with E-state index in [0.29, 0.717) is 11.9 Å². The molecule has 1 aromatic heterocycles. The second-order valence-corrected chi connectivity index (χ2v) is 4.65. The number of aromatic nitrogens is 1. The molecular weight excluding hydrogens is 200 g/mol. The molecule has 0 saturated heterocycles. The Hall–Kier alpha value is -1.09. The molecule has 90 valence electrons. The quantitative estimate of drug-likeness (QED) is 0.831. The Morgan fingerprint density at radius 3 is 2.75 bits per heavy atom. The van der Waals surface area contributed by atoms with Crippen molar-refractivity contribution in [2.75, 3.05) is 7.05 Å². The van der Waals surface area contributed by atoms with Gasteiger partial charge in [0.2, 0.25) is 5.88 Å². The highest BCUT2D eigenvalue weighted by atomic mass is 16.5. The number of nitrogens with one attached hydrogen (secondary N) is 1. The average molecular weight is 222 g/mol. The van der Waals surface area contributed by atoms with Crippen molar-refractivity contribution in [2.24, 2.45) is 0 Å². The molecule has 1 rings (SSSR count). The van der Waals surface area contributed by atoms with Crippen molar-refractivity contribution < 1.29 is 4.74 Å². The third-order valence-corrected chi connectivity index (χ3v) is 2.92. The first kappa shape index (κ1) is 13.0. The van der Waals surface area contributed by atoms with E-state index in [1.807, 2.05) is 19.2 Å². The van der Waals surface area contributed by atoms with Crippen LogP contribution in [0.3, 0.4) is 0 Å². The molecule has 0 saturated carbocycles. The van der Waals surface area contributed by atoms with Crippen molar-refractivity contribution in [1.82, 2.24) is 10.3 Å². The SMILES string of the molecule is CCC(C)(C)Oc1cc(C(C)NC)ccn1. The van der Waals surface area contributed by atoms with E-state index >= 15 is 0 Å². The minimum Gasteiger partial charge on any atom is -0.472 e.